The van der Waals surface area contributed by atoms with Crippen LogP contribution in [0.5, 0.6) is 0 Å². The Labute approximate surface area is 82.5 Å². The van der Waals surface area contributed by atoms with Crippen LogP contribution in [0.2, 0.25) is 0 Å². The van der Waals surface area contributed by atoms with E-state index in [4.69, 9.17) is 0 Å². The molecule has 13 heavy (non-hydrogen) atoms. The van der Waals surface area contributed by atoms with Crippen LogP contribution in [0, 0.1) is 23.7 Å². The smallest absolute Gasteiger partial charge is 0.0601 e. The minimum absolute atomic E-state index is 0.861. The van der Waals surface area contributed by atoms with Gasteiger partial charge in [-0.05, 0) is 44.7 Å². The van der Waals surface area contributed by atoms with E-state index in [0.29, 0.717) is 0 Å². The number of hydrogen-bond donors (Lipinski definition) is 0. The second-order valence-corrected chi connectivity index (χ2v) is 4.28. The average Bonchev–Trinajstić information content (AvgIpc) is 2.15. The van der Waals surface area contributed by atoms with Gasteiger partial charge in [-0.15, -0.1) is 5.92 Å². The van der Waals surface area contributed by atoms with E-state index >= 15 is 0 Å². The Kier molecular flexibility index (Phi) is 4.32. The van der Waals surface area contributed by atoms with Gasteiger partial charge in [0.15, 0.2) is 0 Å². The maximum atomic E-state index is 3.14. The molecule has 0 aliphatic carbocycles. The Morgan fingerprint density at radius 1 is 1.31 bits per heavy atom. The lowest BCUT2D eigenvalue weighted by molar-refractivity contribution is 0.173. The summed E-state index contributed by atoms with van der Waals surface area (Å²) in [5.74, 6) is 7.91. The molecule has 1 fully saturated rings. The molecule has 74 valence electrons. The maximum Gasteiger partial charge on any atom is 0.0601 e. The quantitative estimate of drug-likeness (QED) is 0.588. The van der Waals surface area contributed by atoms with E-state index in [-0.39, 0.29) is 0 Å². The fourth-order valence-electron chi connectivity index (χ4n) is 1.97. The van der Waals surface area contributed by atoms with Crippen LogP contribution in [0.3, 0.4) is 0 Å². The van der Waals surface area contributed by atoms with E-state index in [1.807, 2.05) is 6.92 Å². The van der Waals surface area contributed by atoms with Gasteiger partial charge >= 0.3 is 0 Å². The van der Waals surface area contributed by atoms with Crippen molar-refractivity contribution in [2.45, 2.75) is 33.6 Å². The summed E-state index contributed by atoms with van der Waals surface area (Å²) in [6.45, 7) is 10.1. The van der Waals surface area contributed by atoms with Crippen LogP contribution in [-0.2, 0) is 0 Å². The van der Waals surface area contributed by atoms with Gasteiger partial charge in [0.05, 0.1) is 6.54 Å². The largest absolute Gasteiger partial charge is 0.292 e. The fraction of sp³-hybridized carbons (Fsp3) is 0.833. The van der Waals surface area contributed by atoms with Gasteiger partial charge < -0.3 is 0 Å². The first kappa shape index (κ1) is 10.6. The van der Waals surface area contributed by atoms with E-state index in [9.17, 15) is 0 Å². The van der Waals surface area contributed by atoms with Crippen LogP contribution >= 0.6 is 0 Å². The summed E-state index contributed by atoms with van der Waals surface area (Å²) in [7, 11) is 0. The summed E-state index contributed by atoms with van der Waals surface area (Å²) < 4.78 is 0. The zero-order valence-corrected chi connectivity index (χ0v) is 9.14. The van der Waals surface area contributed by atoms with Crippen molar-refractivity contribution in [1.29, 1.82) is 0 Å². The Morgan fingerprint density at radius 2 is 1.92 bits per heavy atom. The van der Waals surface area contributed by atoms with Crippen LogP contribution in [-0.4, -0.2) is 24.5 Å². The topological polar surface area (TPSA) is 3.24 Å². The van der Waals surface area contributed by atoms with Crippen molar-refractivity contribution in [2.75, 3.05) is 19.6 Å². The maximum absolute atomic E-state index is 3.14. The van der Waals surface area contributed by atoms with Gasteiger partial charge in [0.25, 0.3) is 0 Å². The summed E-state index contributed by atoms with van der Waals surface area (Å²) in [6.07, 6.45) is 2.73. The molecule has 1 heteroatoms. The van der Waals surface area contributed by atoms with Crippen molar-refractivity contribution in [3.05, 3.63) is 0 Å². The van der Waals surface area contributed by atoms with Crippen LogP contribution in [0.15, 0.2) is 0 Å². The van der Waals surface area contributed by atoms with Gasteiger partial charge in [-0.3, -0.25) is 4.90 Å². The Balaban J connectivity index is 2.25. The SMILES string of the molecule is CC#CCN1CCC(C(C)C)CC1. The Morgan fingerprint density at radius 3 is 2.38 bits per heavy atom. The Bertz CT molecular complexity index is 189. The average molecular weight is 179 g/mol. The van der Waals surface area contributed by atoms with Gasteiger partial charge in [-0.1, -0.05) is 19.8 Å². The van der Waals surface area contributed by atoms with Crippen molar-refractivity contribution in [2.24, 2.45) is 11.8 Å². The van der Waals surface area contributed by atoms with Gasteiger partial charge in [0, 0.05) is 0 Å². The molecule has 0 spiro atoms. The molecule has 0 N–H and O–H groups in total. The van der Waals surface area contributed by atoms with Crippen molar-refractivity contribution in [1.82, 2.24) is 4.90 Å². The molecule has 0 aromatic rings. The molecule has 0 atom stereocenters. The van der Waals surface area contributed by atoms with Crippen LogP contribution in [0.1, 0.15) is 33.6 Å². The third-order valence-corrected chi connectivity index (χ3v) is 3.05. The second-order valence-electron chi connectivity index (χ2n) is 4.28. The van der Waals surface area contributed by atoms with Crippen molar-refractivity contribution in [3.8, 4) is 11.8 Å². The normalized spacial score (nSPS) is 20.0. The highest BCUT2D eigenvalue weighted by atomic mass is 15.1. The van der Waals surface area contributed by atoms with Gasteiger partial charge in [-0.25, -0.2) is 0 Å². The van der Waals surface area contributed by atoms with E-state index in [2.05, 4.69) is 30.6 Å². The number of likely N-dealkylation sites (tertiary alicyclic amines) is 1. The second kappa shape index (κ2) is 5.29. The van der Waals surface area contributed by atoms with Crippen molar-refractivity contribution in [3.63, 3.8) is 0 Å². The highest BCUT2D eigenvalue weighted by Crippen LogP contribution is 2.23. The third-order valence-electron chi connectivity index (χ3n) is 3.05. The molecule has 1 heterocycles. The molecule has 1 rings (SSSR count). The van der Waals surface area contributed by atoms with Crippen LogP contribution in [0.4, 0.5) is 0 Å². The molecule has 1 saturated heterocycles. The zero-order valence-electron chi connectivity index (χ0n) is 9.14. The summed E-state index contributed by atoms with van der Waals surface area (Å²) in [5.41, 5.74) is 0. The highest BCUT2D eigenvalue weighted by Gasteiger charge is 2.20. The molecule has 0 amide bonds. The van der Waals surface area contributed by atoms with E-state index in [0.717, 1.165) is 18.4 Å². The third kappa shape index (κ3) is 3.40. The molecule has 0 bridgehead atoms. The molecule has 0 aromatic heterocycles. The molecule has 1 aliphatic heterocycles. The minimum Gasteiger partial charge on any atom is -0.292 e. The number of nitrogens with zero attached hydrogens (tertiary/aromatic N) is 1. The molecule has 1 aliphatic rings. The lowest BCUT2D eigenvalue weighted by Gasteiger charge is -2.32. The fourth-order valence-corrected chi connectivity index (χ4v) is 1.97. The first-order valence-electron chi connectivity index (χ1n) is 5.36. The number of hydrogen-bond acceptors (Lipinski definition) is 1. The molecule has 0 aromatic carbocycles. The zero-order chi connectivity index (χ0) is 9.68. The lowest BCUT2D eigenvalue weighted by Crippen LogP contribution is -2.35. The van der Waals surface area contributed by atoms with Gasteiger partial charge in [0.2, 0.25) is 0 Å². The molecular formula is C12H21N. The minimum atomic E-state index is 0.861. The first-order chi connectivity index (χ1) is 6.24. The van der Waals surface area contributed by atoms with E-state index < -0.39 is 0 Å². The van der Waals surface area contributed by atoms with Crippen LogP contribution < -0.4 is 0 Å². The predicted molar refractivity (Wildman–Crippen MR) is 57.5 cm³/mol. The lowest BCUT2D eigenvalue weighted by atomic mass is 9.87. The highest BCUT2D eigenvalue weighted by molar-refractivity contribution is 4.98. The van der Waals surface area contributed by atoms with E-state index in [1.54, 1.807) is 0 Å². The van der Waals surface area contributed by atoms with Crippen LogP contribution in [0.25, 0.3) is 0 Å². The number of rotatable bonds is 2. The summed E-state index contributed by atoms with van der Waals surface area (Å²) in [5, 5.41) is 0. The van der Waals surface area contributed by atoms with Crippen molar-refractivity contribution < 1.29 is 0 Å². The molecular weight excluding hydrogens is 158 g/mol. The predicted octanol–water partition coefficient (Wildman–Crippen LogP) is 2.38. The van der Waals surface area contributed by atoms with Gasteiger partial charge in [-0.2, -0.15) is 0 Å². The summed E-state index contributed by atoms with van der Waals surface area (Å²) >= 11 is 0. The molecule has 0 unspecified atom stereocenters. The summed E-state index contributed by atoms with van der Waals surface area (Å²) in [4.78, 5) is 2.47. The Hall–Kier alpha value is -0.480. The monoisotopic (exact) mass is 179 g/mol. The summed E-state index contributed by atoms with van der Waals surface area (Å²) in [6, 6.07) is 0. The van der Waals surface area contributed by atoms with E-state index in [1.165, 1.54) is 25.9 Å². The standard InChI is InChI=1S/C12H21N/c1-4-5-8-13-9-6-12(7-10-13)11(2)3/h11-12H,6-10H2,1-3H3. The van der Waals surface area contributed by atoms with Gasteiger partial charge in [0.1, 0.15) is 0 Å². The molecule has 0 saturated carbocycles. The number of piperidine rings is 1. The molecule has 1 nitrogen and oxygen atoms in total. The molecule has 0 radical (unpaired) electrons. The van der Waals surface area contributed by atoms with Crippen molar-refractivity contribution >= 4 is 0 Å². The first-order valence-corrected chi connectivity index (χ1v) is 5.36.